The van der Waals surface area contributed by atoms with Gasteiger partial charge in [-0.15, -0.1) is 0 Å². The highest BCUT2D eigenvalue weighted by molar-refractivity contribution is 7.89. The molecule has 8 heteroatoms. The van der Waals surface area contributed by atoms with Gasteiger partial charge in [0.05, 0.1) is 11.3 Å². The Hall–Kier alpha value is -1.93. The Labute approximate surface area is 104 Å². The van der Waals surface area contributed by atoms with Gasteiger partial charge in [-0.1, -0.05) is 18.2 Å². The molecule has 0 saturated heterocycles. The van der Waals surface area contributed by atoms with Crippen LogP contribution in [0.4, 0.5) is 0 Å². The van der Waals surface area contributed by atoms with Crippen LogP contribution in [0.1, 0.15) is 6.42 Å². The van der Waals surface area contributed by atoms with Gasteiger partial charge in [-0.2, -0.15) is 4.72 Å². The summed E-state index contributed by atoms with van der Waals surface area (Å²) in [6, 6.07) is 6.06. The first kappa shape index (κ1) is 14.1. The molecule has 1 atom stereocenters. The highest BCUT2D eigenvalue weighted by Gasteiger charge is 2.25. The van der Waals surface area contributed by atoms with Crippen molar-refractivity contribution in [2.45, 2.75) is 17.4 Å². The molecule has 0 spiro atoms. The first-order valence-electron chi connectivity index (χ1n) is 4.98. The highest BCUT2D eigenvalue weighted by atomic mass is 32.2. The average Bonchev–Trinajstić information content (AvgIpc) is 2.28. The van der Waals surface area contributed by atoms with Crippen LogP contribution in [-0.2, 0) is 19.6 Å². The Morgan fingerprint density at radius 1 is 1.17 bits per heavy atom. The number of benzene rings is 1. The van der Waals surface area contributed by atoms with Crippen molar-refractivity contribution >= 4 is 21.8 Å². The van der Waals surface area contributed by atoms with Gasteiger partial charge in [0.1, 0.15) is 6.04 Å². The van der Waals surface area contributed by atoms with Crippen LogP contribution in [0.2, 0.25) is 0 Å². The molecule has 0 bridgehead atoms. The minimum absolute atomic E-state index is 0.0271. The smallest absolute Gasteiger partial charge is 0.241 e. The molecule has 0 aliphatic heterocycles. The van der Waals surface area contributed by atoms with E-state index in [1.54, 1.807) is 6.07 Å². The Bertz CT molecular complexity index is 542. The lowest BCUT2D eigenvalue weighted by atomic mass is 10.2. The molecular weight excluding hydrogens is 258 g/mol. The number of hydrogen-bond donors (Lipinski definition) is 3. The number of carbonyl (C=O) groups is 2. The van der Waals surface area contributed by atoms with Crippen molar-refractivity contribution in [3.8, 4) is 0 Å². The summed E-state index contributed by atoms with van der Waals surface area (Å²) < 4.78 is 25.8. The molecule has 0 aliphatic rings. The third-order valence-electron chi connectivity index (χ3n) is 2.10. The Balaban J connectivity index is 2.93. The van der Waals surface area contributed by atoms with Crippen molar-refractivity contribution in [3.63, 3.8) is 0 Å². The molecule has 0 aromatic heterocycles. The van der Waals surface area contributed by atoms with E-state index < -0.39 is 34.3 Å². The Kier molecular flexibility index (Phi) is 4.40. The van der Waals surface area contributed by atoms with E-state index in [0.717, 1.165) is 0 Å². The second kappa shape index (κ2) is 5.61. The van der Waals surface area contributed by atoms with Gasteiger partial charge in [0.25, 0.3) is 0 Å². The van der Waals surface area contributed by atoms with E-state index in [0.29, 0.717) is 0 Å². The van der Waals surface area contributed by atoms with Gasteiger partial charge in [0, 0.05) is 0 Å². The molecule has 1 unspecified atom stereocenters. The van der Waals surface area contributed by atoms with Crippen LogP contribution in [0.3, 0.4) is 0 Å². The van der Waals surface area contributed by atoms with Crippen LogP contribution < -0.4 is 16.2 Å². The first-order valence-corrected chi connectivity index (χ1v) is 6.46. The van der Waals surface area contributed by atoms with Crippen LogP contribution in [0.25, 0.3) is 0 Å². The van der Waals surface area contributed by atoms with Crippen molar-refractivity contribution in [3.05, 3.63) is 30.3 Å². The molecule has 98 valence electrons. The molecule has 2 amide bonds. The van der Waals surface area contributed by atoms with Crippen LogP contribution in [0.5, 0.6) is 0 Å². The maximum absolute atomic E-state index is 11.9. The van der Waals surface area contributed by atoms with Crippen LogP contribution in [0, 0.1) is 0 Å². The van der Waals surface area contributed by atoms with Gasteiger partial charge in [0.15, 0.2) is 0 Å². The van der Waals surface area contributed by atoms with Gasteiger partial charge in [-0.25, -0.2) is 8.42 Å². The Morgan fingerprint density at radius 3 is 2.17 bits per heavy atom. The molecule has 0 saturated carbocycles. The summed E-state index contributed by atoms with van der Waals surface area (Å²) in [6.07, 6.45) is -0.485. The molecule has 7 nitrogen and oxygen atoms in total. The van der Waals surface area contributed by atoms with Gasteiger partial charge in [-0.05, 0) is 12.1 Å². The molecule has 18 heavy (non-hydrogen) atoms. The number of primary amides is 2. The lowest BCUT2D eigenvalue weighted by Crippen LogP contribution is -2.46. The van der Waals surface area contributed by atoms with Crippen molar-refractivity contribution in [1.82, 2.24) is 4.72 Å². The third kappa shape index (κ3) is 3.82. The minimum Gasteiger partial charge on any atom is -0.370 e. The monoisotopic (exact) mass is 271 g/mol. The lowest BCUT2D eigenvalue weighted by molar-refractivity contribution is -0.124. The number of rotatable bonds is 6. The van der Waals surface area contributed by atoms with E-state index in [9.17, 15) is 18.0 Å². The van der Waals surface area contributed by atoms with Gasteiger partial charge < -0.3 is 11.5 Å². The summed E-state index contributed by atoms with van der Waals surface area (Å²) in [7, 11) is -3.91. The van der Waals surface area contributed by atoms with Gasteiger partial charge in [-0.3, -0.25) is 9.59 Å². The fourth-order valence-corrected chi connectivity index (χ4v) is 2.48. The van der Waals surface area contributed by atoms with Gasteiger partial charge in [0.2, 0.25) is 21.8 Å². The predicted molar refractivity (Wildman–Crippen MR) is 63.6 cm³/mol. The molecule has 5 N–H and O–H groups in total. The quantitative estimate of drug-likeness (QED) is 0.592. The first-order chi connectivity index (χ1) is 8.33. The highest BCUT2D eigenvalue weighted by Crippen LogP contribution is 2.08. The van der Waals surface area contributed by atoms with Gasteiger partial charge >= 0.3 is 0 Å². The fraction of sp³-hybridized carbons (Fsp3) is 0.200. The summed E-state index contributed by atoms with van der Waals surface area (Å²) >= 11 is 0. The van der Waals surface area contributed by atoms with E-state index in [-0.39, 0.29) is 4.90 Å². The predicted octanol–water partition coefficient (Wildman–Crippen LogP) is -1.31. The summed E-state index contributed by atoms with van der Waals surface area (Å²) in [5.74, 6) is -1.79. The zero-order valence-corrected chi connectivity index (χ0v) is 10.2. The third-order valence-corrected chi connectivity index (χ3v) is 3.59. The molecule has 1 aromatic rings. The standard InChI is InChI=1S/C10H13N3O4S/c11-9(14)6-8(10(12)15)13-18(16,17)7-4-2-1-3-5-7/h1-5,8,13H,6H2,(H2,11,14)(H2,12,15). The summed E-state index contributed by atoms with van der Waals surface area (Å²) in [6.45, 7) is 0. The number of sulfonamides is 1. The number of carbonyl (C=O) groups excluding carboxylic acids is 2. The molecule has 1 rings (SSSR count). The maximum atomic E-state index is 11.9. The van der Waals surface area contributed by atoms with E-state index in [1.807, 2.05) is 4.72 Å². The molecule has 0 aliphatic carbocycles. The zero-order valence-electron chi connectivity index (χ0n) is 9.37. The number of nitrogens with two attached hydrogens (primary N) is 2. The van der Waals surface area contributed by atoms with Crippen molar-refractivity contribution in [1.29, 1.82) is 0 Å². The lowest BCUT2D eigenvalue weighted by Gasteiger charge is -2.13. The SMILES string of the molecule is NC(=O)CC(NS(=O)(=O)c1ccccc1)C(N)=O. The zero-order chi connectivity index (χ0) is 13.8. The molecule has 1 aromatic carbocycles. The van der Waals surface area contributed by atoms with E-state index in [4.69, 9.17) is 11.5 Å². The summed E-state index contributed by atoms with van der Waals surface area (Å²) in [5, 5.41) is 0. The average molecular weight is 271 g/mol. The van der Waals surface area contributed by atoms with E-state index >= 15 is 0 Å². The van der Waals surface area contributed by atoms with Crippen LogP contribution >= 0.6 is 0 Å². The maximum Gasteiger partial charge on any atom is 0.241 e. The number of hydrogen-bond acceptors (Lipinski definition) is 4. The minimum atomic E-state index is -3.91. The van der Waals surface area contributed by atoms with Crippen molar-refractivity contribution in [2.75, 3.05) is 0 Å². The fourth-order valence-electron chi connectivity index (χ4n) is 1.26. The second-order valence-corrected chi connectivity index (χ2v) is 5.27. The molecule has 0 fully saturated rings. The van der Waals surface area contributed by atoms with E-state index in [2.05, 4.69) is 0 Å². The normalized spacial score (nSPS) is 12.9. The van der Waals surface area contributed by atoms with E-state index in [1.165, 1.54) is 24.3 Å². The van der Waals surface area contributed by atoms with Crippen molar-refractivity contribution < 1.29 is 18.0 Å². The van der Waals surface area contributed by atoms with Crippen LogP contribution in [-0.4, -0.2) is 26.3 Å². The largest absolute Gasteiger partial charge is 0.370 e. The molecular formula is C10H13N3O4S. The number of nitrogens with one attached hydrogen (secondary N) is 1. The van der Waals surface area contributed by atoms with Crippen LogP contribution in [0.15, 0.2) is 35.2 Å². The molecule has 0 radical (unpaired) electrons. The second-order valence-electron chi connectivity index (χ2n) is 3.56. The van der Waals surface area contributed by atoms with Crippen molar-refractivity contribution in [2.24, 2.45) is 11.5 Å². The topological polar surface area (TPSA) is 132 Å². The number of amides is 2. The Morgan fingerprint density at radius 2 is 1.72 bits per heavy atom. The summed E-state index contributed by atoms with van der Waals surface area (Å²) in [5.41, 5.74) is 9.90. The summed E-state index contributed by atoms with van der Waals surface area (Å²) in [4.78, 5) is 21.7. The molecule has 0 heterocycles.